The van der Waals surface area contributed by atoms with E-state index in [9.17, 15) is 9.90 Å². The average molecular weight is 284 g/mol. The van der Waals surface area contributed by atoms with Crippen LogP contribution in [0.5, 0.6) is 5.75 Å². The van der Waals surface area contributed by atoms with Gasteiger partial charge in [-0.15, -0.1) is 11.6 Å². The third-order valence-corrected chi connectivity index (χ3v) is 2.52. The average Bonchev–Trinajstić information content (AvgIpc) is 2.10. The Labute approximate surface area is 93.6 Å². The molecular formula is C8H5BrCl2O2. The highest BCUT2D eigenvalue weighted by Crippen LogP contribution is 2.31. The Hall–Kier alpha value is -0.250. The van der Waals surface area contributed by atoms with Crippen LogP contribution in [0.4, 0.5) is 0 Å². The van der Waals surface area contributed by atoms with Crippen LogP contribution in [0.3, 0.4) is 0 Å². The lowest BCUT2D eigenvalue weighted by Gasteiger charge is -2.04. The molecule has 0 aliphatic carbocycles. The summed E-state index contributed by atoms with van der Waals surface area (Å²) >= 11 is 14.1. The molecule has 0 aliphatic rings. The van der Waals surface area contributed by atoms with Gasteiger partial charge in [0, 0.05) is 5.02 Å². The lowest BCUT2D eigenvalue weighted by atomic mass is 10.1. The molecule has 1 aromatic carbocycles. The highest BCUT2D eigenvalue weighted by molar-refractivity contribution is 9.10. The lowest BCUT2D eigenvalue weighted by molar-refractivity contribution is 0.101. The fourth-order valence-electron chi connectivity index (χ4n) is 0.851. The number of carbonyl (C=O) groups excluding carboxylic acids is 1. The molecule has 1 rings (SSSR count). The molecule has 0 radical (unpaired) electrons. The van der Waals surface area contributed by atoms with E-state index in [0.29, 0.717) is 9.50 Å². The maximum absolute atomic E-state index is 11.2. The van der Waals surface area contributed by atoms with E-state index in [1.807, 2.05) is 0 Å². The first-order valence-electron chi connectivity index (χ1n) is 3.33. The minimum absolute atomic E-state index is 0.130. The molecule has 0 heterocycles. The molecule has 0 spiro atoms. The Morgan fingerprint density at radius 1 is 1.54 bits per heavy atom. The predicted octanol–water partition coefficient (Wildman–Crippen LogP) is 3.23. The van der Waals surface area contributed by atoms with Crippen molar-refractivity contribution in [3.8, 4) is 5.75 Å². The fraction of sp³-hybridized carbons (Fsp3) is 0.125. The van der Waals surface area contributed by atoms with Crippen molar-refractivity contribution in [1.82, 2.24) is 0 Å². The summed E-state index contributed by atoms with van der Waals surface area (Å²) < 4.78 is 0.383. The molecule has 0 fully saturated rings. The summed E-state index contributed by atoms with van der Waals surface area (Å²) in [6.45, 7) is 0. The van der Waals surface area contributed by atoms with Crippen LogP contribution in [0, 0.1) is 0 Å². The zero-order valence-corrected chi connectivity index (χ0v) is 9.45. The van der Waals surface area contributed by atoms with Gasteiger partial charge in [-0.05, 0) is 28.1 Å². The van der Waals surface area contributed by atoms with Gasteiger partial charge in [-0.25, -0.2) is 0 Å². The van der Waals surface area contributed by atoms with Gasteiger partial charge in [-0.1, -0.05) is 11.6 Å². The van der Waals surface area contributed by atoms with Crippen molar-refractivity contribution in [1.29, 1.82) is 0 Å². The van der Waals surface area contributed by atoms with Crippen molar-refractivity contribution in [2.24, 2.45) is 0 Å². The van der Waals surface area contributed by atoms with Gasteiger partial charge >= 0.3 is 0 Å². The Bertz CT molecular complexity index is 352. The number of rotatable bonds is 2. The second-order valence-electron chi connectivity index (χ2n) is 2.34. The number of aromatic hydroxyl groups is 1. The summed E-state index contributed by atoms with van der Waals surface area (Å²) in [6, 6.07) is 2.88. The van der Waals surface area contributed by atoms with Crippen LogP contribution in [0.2, 0.25) is 5.02 Å². The number of carbonyl (C=O) groups is 1. The van der Waals surface area contributed by atoms with Crippen LogP contribution in [-0.2, 0) is 0 Å². The molecule has 13 heavy (non-hydrogen) atoms. The van der Waals surface area contributed by atoms with E-state index in [2.05, 4.69) is 15.9 Å². The Balaban J connectivity index is 3.28. The molecule has 0 unspecified atom stereocenters. The van der Waals surface area contributed by atoms with Gasteiger partial charge in [0.25, 0.3) is 0 Å². The summed E-state index contributed by atoms with van der Waals surface area (Å²) in [5, 5.41) is 9.81. The molecule has 5 heteroatoms. The highest BCUT2D eigenvalue weighted by atomic mass is 79.9. The van der Waals surface area contributed by atoms with Gasteiger partial charge < -0.3 is 5.11 Å². The van der Waals surface area contributed by atoms with Gasteiger partial charge in [-0.3, -0.25) is 4.79 Å². The van der Waals surface area contributed by atoms with Gasteiger partial charge in [0.1, 0.15) is 5.75 Å². The molecular weight excluding hydrogens is 279 g/mol. The Kier molecular flexibility index (Phi) is 3.59. The molecule has 70 valence electrons. The van der Waals surface area contributed by atoms with Crippen LogP contribution < -0.4 is 0 Å². The number of halogens is 3. The first-order valence-corrected chi connectivity index (χ1v) is 5.04. The maximum Gasteiger partial charge on any atom is 0.181 e. The van der Waals surface area contributed by atoms with Gasteiger partial charge in [0.05, 0.1) is 15.9 Å². The molecule has 0 saturated carbocycles. The summed E-state index contributed by atoms with van der Waals surface area (Å²) in [5.41, 5.74) is 0.134. The summed E-state index contributed by atoms with van der Waals surface area (Å²) in [4.78, 5) is 11.2. The summed E-state index contributed by atoms with van der Waals surface area (Å²) in [7, 11) is 0. The zero-order valence-electron chi connectivity index (χ0n) is 6.35. The highest BCUT2D eigenvalue weighted by Gasteiger charge is 2.13. The van der Waals surface area contributed by atoms with Crippen molar-refractivity contribution < 1.29 is 9.90 Å². The minimum Gasteiger partial charge on any atom is -0.506 e. The number of phenolic OH excluding ortho intramolecular Hbond substituents is 1. The quantitative estimate of drug-likeness (QED) is 0.668. The molecule has 0 aliphatic heterocycles. The second-order valence-corrected chi connectivity index (χ2v) is 3.90. The third kappa shape index (κ3) is 2.36. The van der Waals surface area contributed by atoms with E-state index < -0.39 is 0 Å². The normalized spacial score (nSPS) is 10.1. The molecule has 0 atom stereocenters. The van der Waals surface area contributed by atoms with E-state index in [0.717, 1.165) is 0 Å². The first kappa shape index (κ1) is 10.8. The van der Waals surface area contributed by atoms with Gasteiger partial charge in [0.2, 0.25) is 0 Å². The number of hydrogen-bond acceptors (Lipinski definition) is 2. The summed E-state index contributed by atoms with van der Waals surface area (Å²) in [6.07, 6.45) is 0. The van der Waals surface area contributed by atoms with Crippen LogP contribution in [-0.4, -0.2) is 16.8 Å². The SMILES string of the molecule is O=C(CCl)c1cc(Cl)cc(Br)c1O. The second kappa shape index (κ2) is 4.31. The predicted molar refractivity (Wildman–Crippen MR) is 55.9 cm³/mol. The zero-order chi connectivity index (χ0) is 10.0. The van der Waals surface area contributed by atoms with Crippen LogP contribution in [0.25, 0.3) is 0 Å². The standard InChI is InChI=1S/C8H5BrCl2O2/c9-6-2-4(11)1-5(8(6)13)7(12)3-10/h1-2,13H,3H2. The number of phenols is 1. The summed E-state index contributed by atoms with van der Waals surface area (Å²) in [5.74, 6) is -0.669. The Morgan fingerprint density at radius 3 is 2.69 bits per heavy atom. The number of benzene rings is 1. The molecule has 0 saturated heterocycles. The number of alkyl halides is 1. The van der Waals surface area contributed by atoms with Crippen molar-refractivity contribution in [3.05, 3.63) is 27.2 Å². The van der Waals surface area contributed by atoms with E-state index in [1.165, 1.54) is 12.1 Å². The number of ketones is 1. The Morgan fingerprint density at radius 2 is 2.15 bits per heavy atom. The number of Topliss-reactive ketones (excluding diaryl/α,β-unsaturated/α-hetero) is 1. The topological polar surface area (TPSA) is 37.3 Å². The number of hydrogen-bond donors (Lipinski definition) is 1. The minimum atomic E-state index is -0.359. The van der Waals surface area contributed by atoms with Gasteiger partial charge in [0.15, 0.2) is 5.78 Å². The molecule has 1 aromatic rings. The van der Waals surface area contributed by atoms with Crippen LogP contribution >= 0.6 is 39.1 Å². The smallest absolute Gasteiger partial charge is 0.181 e. The van der Waals surface area contributed by atoms with Crippen molar-refractivity contribution in [3.63, 3.8) is 0 Å². The molecule has 1 N–H and O–H groups in total. The molecule has 0 amide bonds. The molecule has 0 bridgehead atoms. The van der Waals surface area contributed by atoms with Crippen molar-refractivity contribution >= 4 is 44.9 Å². The molecule has 2 nitrogen and oxygen atoms in total. The third-order valence-electron chi connectivity index (χ3n) is 1.45. The van der Waals surface area contributed by atoms with E-state index in [1.54, 1.807) is 0 Å². The largest absolute Gasteiger partial charge is 0.506 e. The van der Waals surface area contributed by atoms with E-state index in [4.69, 9.17) is 23.2 Å². The van der Waals surface area contributed by atoms with E-state index in [-0.39, 0.29) is 23.0 Å². The van der Waals surface area contributed by atoms with Crippen molar-refractivity contribution in [2.75, 3.05) is 5.88 Å². The van der Waals surface area contributed by atoms with E-state index >= 15 is 0 Å². The van der Waals surface area contributed by atoms with Crippen LogP contribution in [0.1, 0.15) is 10.4 Å². The van der Waals surface area contributed by atoms with Crippen molar-refractivity contribution in [2.45, 2.75) is 0 Å². The fourth-order valence-corrected chi connectivity index (χ4v) is 1.80. The molecule has 0 aromatic heterocycles. The van der Waals surface area contributed by atoms with Crippen LogP contribution in [0.15, 0.2) is 16.6 Å². The van der Waals surface area contributed by atoms with Gasteiger partial charge in [-0.2, -0.15) is 0 Å². The lowest BCUT2D eigenvalue weighted by Crippen LogP contribution is -2.00. The maximum atomic E-state index is 11.2. The monoisotopic (exact) mass is 282 g/mol. The first-order chi connectivity index (χ1) is 6.06.